The van der Waals surface area contributed by atoms with Crippen molar-refractivity contribution < 1.29 is 29.7 Å². The summed E-state index contributed by atoms with van der Waals surface area (Å²) in [6.45, 7) is 15.5. The Bertz CT molecular complexity index is 623. The summed E-state index contributed by atoms with van der Waals surface area (Å²) in [4.78, 5) is 30.9. The second-order valence-corrected chi connectivity index (χ2v) is 17.4. The molecular weight excluding hydrogens is 767 g/mol. The Hall–Kier alpha value is 0.259. The van der Waals surface area contributed by atoms with Crippen molar-refractivity contribution >= 4 is 78.3 Å². The zero-order valence-corrected chi connectivity index (χ0v) is 37.3. The van der Waals surface area contributed by atoms with Crippen LogP contribution in [0.25, 0.3) is 0 Å². The molecule has 0 spiro atoms. The molecule has 0 bridgehead atoms. The van der Waals surface area contributed by atoms with Crippen LogP contribution in [0.5, 0.6) is 0 Å². The number of aliphatic carboxylic acids is 3. The van der Waals surface area contributed by atoms with Crippen LogP contribution >= 0.6 is 37.9 Å². The molecular formula is C38H74O6S3Sn. The molecule has 0 aromatic heterocycles. The first-order chi connectivity index (χ1) is 22.5. The number of hydrogen-bond donors (Lipinski definition) is 3. The van der Waals surface area contributed by atoms with Gasteiger partial charge in [-0.2, -0.15) is 37.9 Å². The van der Waals surface area contributed by atoms with Gasteiger partial charge in [-0.15, -0.1) is 0 Å². The standard InChI is InChI=1S/3C10H20O2S.C8H17.Sn/c3*1-8(2)6-4-3-5-7-9(13)10(11)12;1-3-5-7-8-6-4-2;/h3*8-9,13H,3-7H2,1-2H3,(H,11,12);1,3-8H2,2H3;/q;;;;+3/p-3. The molecule has 0 amide bonds. The summed E-state index contributed by atoms with van der Waals surface area (Å²) in [7, 11) is 0. The van der Waals surface area contributed by atoms with Crippen LogP contribution in [0.1, 0.15) is 183 Å². The van der Waals surface area contributed by atoms with Crippen LogP contribution in [0.15, 0.2) is 0 Å². The number of hydrogen-bond acceptors (Lipinski definition) is 9. The van der Waals surface area contributed by atoms with Gasteiger partial charge < -0.3 is 29.7 Å². The predicted octanol–water partition coefficient (Wildman–Crippen LogP) is 7.86. The second kappa shape index (κ2) is 41.7. The number of rotatable bonds is 27. The Kier molecular flexibility index (Phi) is 47.8. The van der Waals surface area contributed by atoms with Gasteiger partial charge in [-0.05, 0) is 37.0 Å². The summed E-state index contributed by atoms with van der Waals surface area (Å²) >= 11 is 13.4. The fourth-order valence-electron chi connectivity index (χ4n) is 4.46. The molecule has 0 rings (SSSR count). The van der Waals surface area contributed by atoms with Crippen LogP contribution in [-0.4, -0.2) is 56.2 Å². The average Bonchev–Trinajstić information content (AvgIpc) is 3.00. The van der Waals surface area contributed by atoms with Crippen molar-refractivity contribution in [3.05, 3.63) is 0 Å². The molecule has 3 atom stereocenters. The molecule has 0 aliphatic rings. The zero-order chi connectivity index (χ0) is 37.8. The maximum atomic E-state index is 10.3. The van der Waals surface area contributed by atoms with Gasteiger partial charge in [0, 0.05) is 15.7 Å². The Labute approximate surface area is 327 Å². The quantitative estimate of drug-likeness (QED) is 0.0441. The van der Waals surface area contributed by atoms with Gasteiger partial charge in [-0.25, -0.2) is 0 Å². The molecule has 0 saturated heterocycles. The van der Waals surface area contributed by atoms with Crippen LogP contribution in [0.2, 0.25) is 4.44 Å². The number of carbonyl (C=O) groups is 3. The van der Waals surface area contributed by atoms with Crippen molar-refractivity contribution in [3.8, 4) is 0 Å². The Morgan fingerprint density at radius 3 is 0.896 bits per heavy atom. The van der Waals surface area contributed by atoms with E-state index in [-0.39, 0.29) is 0 Å². The number of thiol groups is 3. The molecule has 0 saturated carbocycles. The minimum atomic E-state index is -1.05. The van der Waals surface area contributed by atoms with E-state index in [0.29, 0.717) is 19.3 Å². The topological polar surface area (TPSA) is 120 Å². The molecule has 284 valence electrons. The fourth-order valence-corrected chi connectivity index (χ4v) is 5.72. The van der Waals surface area contributed by atoms with Crippen LogP contribution in [0.3, 0.4) is 0 Å². The van der Waals surface area contributed by atoms with Crippen LogP contribution in [0, 0.1) is 17.8 Å². The third-order valence-electron chi connectivity index (χ3n) is 7.62. The molecule has 48 heavy (non-hydrogen) atoms. The van der Waals surface area contributed by atoms with Crippen LogP contribution in [-0.2, 0) is 14.4 Å². The average molecular weight is 842 g/mol. The number of carbonyl (C=O) groups excluding carboxylic acids is 3. The maximum absolute atomic E-state index is 10.3. The summed E-state index contributed by atoms with van der Waals surface area (Å²) in [5.41, 5.74) is 0. The zero-order valence-electron chi connectivity index (χ0n) is 31.8. The van der Waals surface area contributed by atoms with Gasteiger partial charge >= 0.3 is 72.4 Å². The fraction of sp³-hybridized carbons (Fsp3) is 0.921. The van der Waals surface area contributed by atoms with E-state index in [1.165, 1.54) is 81.5 Å². The number of unbranched alkanes of at least 4 members (excludes halogenated alkanes) is 11. The molecule has 0 aliphatic carbocycles. The second-order valence-electron chi connectivity index (χ2n) is 14.1. The third kappa shape index (κ3) is 53.1. The van der Waals surface area contributed by atoms with Gasteiger partial charge in [0.2, 0.25) is 0 Å². The molecule has 0 fully saturated rings. The monoisotopic (exact) mass is 842 g/mol. The molecule has 0 aromatic rings. The van der Waals surface area contributed by atoms with Gasteiger partial charge in [0.05, 0.1) is 17.9 Å². The van der Waals surface area contributed by atoms with E-state index >= 15 is 0 Å². The van der Waals surface area contributed by atoms with E-state index in [2.05, 4.69) is 86.4 Å². The van der Waals surface area contributed by atoms with Gasteiger partial charge in [0.15, 0.2) is 0 Å². The van der Waals surface area contributed by atoms with E-state index in [0.717, 1.165) is 56.3 Å². The molecule has 3 unspecified atom stereocenters. The SMILES string of the molecule is CC(C)CCCCCC(S)C(=O)[O-].CC(C)CCCCCC(S)C(=O)[O-].CC(C)CCCCCC(S)C(=O)[O-].CCCCCCC[CH2][Sn+3]. The van der Waals surface area contributed by atoms with Gasteiger partial charge in [0.25, 0.3) is 0 Å². The molecule has 0 heterocycles. The summed E-state index contributed by atoms with van der Waals surface area (Å²) < 4.78 is 1.46. The molecule has 0 aromatic carbocycles. The van der Waals surface area contributed by atoms with Crippen LogP contribution in [0.4, 0.5) is 0 Å². The summed E-state index contributed by atoms with van der Waals surface area (Å²) in [6.07, 6.45) is 23.9. The van der Waals surface area contributed by atoms with Gasteiger partial charge in [-0.1, -0.05) is 119 Å². The van der Waals surface area contributed by atoms with E-state index < -0.39 is 33.7 Å². The van der Waals surface area contributed by atoms with Gasteiger partial charge in [-0.3, -0.25) is 0 Å². The number of carboxylic acid groups (broad SMARTS) is 3. The summed E-state index contributed by atoms with van der Waals surface area (Å²) in [5.74, 6) is -0.916. The van der Waals surface area contributed by atoms with Crippen molar-refractivity contribution in [2.45, 2.75) is 203 Å². The van der Waals surface area contributed by atoms with Gasteiger partial charge in [0.1, 0.15) is 0 Å². The minimum absolute atomic E-state index is 0.584. The molecule has 0 radical (unpaired) electrons. The van der Waals surface area contributed by atoms with E-state index in [1.807, 2.05) is 0 Å². The van der Waals surface area contributed by atoms with Crippen molar-refractivity contribution in [3.63, 3.8) is 0 Å². The summed E-state index contributed by atoms with van der Waals surface area (Å²) in [6, 6.07) is 0. The van der Waals surface area contributed by atoms with Crippen molar-refractivity contribution in [2.24, 2.45) is 17.8 Å². The number of carboxylic acids is 3. The first-order valence-corrected chi connectivity index (χ1v) is 22.4. The Morgan fingerprint density at radius 1 is 0.438 bits per heavy atom. The Morgan fingerprint density at radius 2 is 0.667 bits per heavy atom. The van der Waals surface area contributed by atoms with Crippen LogP contribution < -0.4 is 15.3 Å². The third-order valence-corrected chi connectivity index (χ3v) is 10.0. The first kappa shape index (κ1) is 55.0. The first-order valence-electron chi connectivity index (χ1n) is 18.8. The van der Waals surface area contributed by atoms with E-state index in [4.69, 9.17) is 0 Å². The molecule has 6 nitrogen and oxygen atoms in total. The van der Waals surface area contributed by atoms with Crippen molar-refractivity contribution in [1.82, 2.24) is 0 Å². The van der Waals surface area contributed by atoms with E-state index in [9.17, 15) is 29.7 Å². The molecule has 0 N–H and O–H groups in total. The predicted molar refractivity (Wildman–Crippen MR) is 211 cm³/mol. The Balaban J connectivity index is -0.000000271. The molecule has 10 heteroatoms. The van der Waals surface area contributed by atoms with Crippen molar-refractivity contribution in [1.29, 1.82) is 0 Å². The summed E-state index contributed by atoms with van der Waals surface area (Å²) in [5, 5.41) is 29.1. The van der Waals surface area contributed by atoms with Crippen molar-refractivity contribution in [2.75, 3.05) is 0 Å². The normalized spacial score (nSPS) is 12.6. The molecule has 0 aliphatic heterocycles. The van der Waals surface area contributed by atoms with E-state index in [1.54, 1.807) is 22.5 Å².